The highest BCUT2D eigenvalue weighted by Gasteiger charge is 2.27. The second kappa shape index (κ2) is 7.90. The lowest BCUT2D eigenvalue weighted by Crippen LogP contribution is -2.50. The van der Waals surface area contributed by atoms with E-state index in [0.717, 1.165) is 32.5 Å². The molecule has 0 aromatic carbocycles. The Morgan fingerprint density at radius 3 is 2.55 bits per heavy atom. The SMILES string of the molecule is CC(C)N(C)S(=O)(=O)NC1CCN(CC2=CCCCC2)CC1. The molecule has 1 fully saturated rings. The topological polar surface area (TPSA) is 52.7 Å². The van der Waals surface area contributed by atoms with Crippen molar-refractivity contribution in [3.05, 3.63) is 11.6 Å². The van der Waals surface area contributed by atoms with Gasteiger partial charge in [0.1, 0.15) is 0 Å². The smallest absolute Gasteiger partial charge is 0.279 e. The van der Waals surface area contributed by atoms with Crippen LogP contribution in [0.4, 0.5) is 0 Å². The number of hydrogen-bond donors (Lipinski definition) is 1. The summed E-state index contributed by atoms with van der Waals surface area (Å²) < 4.78 is 28.7. The number of piperidine rings is 1. The minimum atomic E-state index is -3.35. The van der Waals surface area contributed by atoms with Gasteiger partial charge in [0.05, 0.1) is 0 Å². The maximum atomic E-state index is 12.2. The van der Waals surface area contributed by atoms with Crippen molar-refractivity contribution in [1.29, 1.82) is 0 Å². The van der Waals surface area contributed by atoms with Crippen molar-refractivity contribution >= 4 is 10.2 Å². The van der Waals surface area contributed by atoms with E-state index in [1.807, 2.05) is 13.8 Å². The first-order valence-electron chi connectivity index (χ1n) is 8.54. The summed E-state index contributed by atoms with van der Waals surface area (Å²) in [5, 5.41) is 0. The van der Waals surface area contributed by atoms with Gasteiger partial charge in [-0.1, -0.05) is 11.6 Å². The quantitative estimate of drug-likeness (QED) is 0.760. The summed E-state index contributed by atoms with van der Waals surface area (Å²) in [4.78, 5) is 2.47. The zero-order chi connectivity index (χ0) is 16.2. The Hall–Kier alpha value is -0.430. The molecule has 0 unspecified atom stereocenters. The van der Waals surface area contributed by atoms with Crippen LogP contribution in [-0.4, -0.2) is 56.4 Å². The molecule has 0 aromatic heterocycles. The lowest BCUT2D eigenvalue weighted by Gasteiger charge is -2.34. The first-order chi connectivity index (χ1) is 10.4. The fourth-order valence-electron chi connectivity index (χ4n) is 3.12. The van der Waals surface area contributed by atoms with Gasteiger partial charge in [0.25, 0.3) is 10.2 Å². The Kier molecular flexibility index (Phi) is 6.44. The van der Waals surface area contributed by atoms with E-state index >= 15 is 0 Å². The summed E-state index contributed by atoms with van der Waals surface area (Å²) >= 11 is 0. The monoisotopic (exact) mass is 329 g/mol. The van der Waals surface area contributed by atoms with Gasteiger partial charge in [0.2, 0.25) is 0 Å². The zero-order valence-electron chi connectivity index (χ0n) is 14.2. The maximum absolute atomic E-state index is 12.2. The van der Waals surface area contributed by atoms with Crippen molar-refractivity contribution in [2.75, 3.05) is 26.7 Å². The highest BCUT2D eigenvalue weighted by Crippen LogP contribution is 2.20. The average Bonchev–Trinajstić information content (AvgIpc) is 2.49. The second-order valence-electron chi connectivity index (χ2n) is 6.89. The molecular weight excluding hydrogens is 298 g/mol. The normalized spacial score (nSPS) is 22.3. The van der Waals surface area contributed by atoms with Crippen LogP contribution in [0.25, 0.3) is 0 Å². The molecule has 0 saturated carbocycles. The Labute approximate surface area is 135 Å². The molecule has 0 aromatic rings. The molecule has 128 valence electrons. The van der Waals surface area contributed by atoms with Crippen LogP contribution >= 0.6 is 0 Å². The zero-order valence-corrected chi connectivity index (χ0v) is 15.0. The van der Waals surface area contributed by atoms with Gasteiger partial charge in [-0.3, -0.25) is 4.90 Å². The summed E-state index contributed by atoms with van der Waals surface area (Å²) in [6.07, 6.45) is 9.33. The molecule has 0 bridgehead atoms. The first kappa shape index (κ1) is 17.9. The largest absolute Gasteiger partial charge is 0.299 e. The molecule has 0 amide bonds. The van der Waals surface area contributed by atoms with E-state index < -0.39 is 10.2 Å². The molecule has 6 heteroatoms. The van der Waals surface area contributed by atoms with Crippen LogP contribution < -0.4 is 4.72 Å². The molecule has 1 saturated heterocycles. The number of likely N-dealkylation sites (tertiary alicyclic amines) is 1. The van der Waals surface area contributed by atoms with Gasteiger partial charge in [-0.2, -0.15) is 17.4 Å². The van der Waals surface area contributed by atoms with E-state index in [9.17, 15) is 8.42 Å². The fraction of sp³-hybridized carbons (Fsp3) is 0.875. The van der Waals surface area contributed by atoms with Crippen molar-refractivity contribution in [1.82, 2.24) is 13.9 Å². The number of nitrogens with zero attached hydrogens (tertiary/aromatic N) is 2. The lowest BCUT2D eigenvalue weighted by molar-refractivity contribution is 0.218. The molecule has 2 aliphatic rings. The first-order valence-corrected chi connectivity index (χ1v) is 9.98. The molecule has 1 aliphatic carbocycles. The van der Waals surface area contributed by atoms with Crippen molar-refractivity contribution in [2.45, 2.75) is 64.5 Å². The lowest BCUT2D eigenvalue weighted by atomic mass is 9.98. The molecule has 1 N–H and O–H groups in total. The summed E-state index contributed by atoms with van der Waals surface area (Å²) in [7, 11) is -1.71. The van der Waals surface area contributed by atoms with Crippen LogP contribution in [0.15, 0.2) is 11.6 Å². The summed E-state index contributed by atoms with van der Waals surface area (Å²) in [6, 6.07) is 0.0543. The van der Waals surface area contributed by atoms with E-state index in [-0.39, 0.29) is 12.1 Å². The Morgan fingerprint density at radius 2 is 2.00 bits per heavy atom. The Balaban J connectivity index is 1.78. The van der Waals surface area contributed by atoms with Gasteiger partial charge in [0, 0.05) is 25.7 Å². The molecule has 22 heavy (non-hydrogen) atoms. The van der Waals surface area contributed by atoms with Crippen LogP contribution in [0.2, 0.25) is 0 Å². The average molecular weight is 330 g/mol. The van der Waals surface area contributed by atoms with Gasteiger partial charge >= 0.3 is 0 Å². The molecule has 0 radical (unpaired) electrons. The maximum Gasteiger partial charge on any atom is 0.279 e. The van der Waals surface area contributed by atoms with Crippen molar-refractivity contribution < 1.29 is 8.42 Å². The van der Waals surface area contributed by atoms with Gasteiger partial charge in [0.15, 0.2) is 0 Å². The number of nitrogens with one attached hydrogen (secondary N) is 1. The molecule has 0 spiro atoms. The van der Waals surface area contributed by atoms with E-state index in [1.54, 1.807) is 12.6 Å². The molecule has 5 nitrogen and oxygen atoms in total. The van der Waals surface area contributed by atoms with Crippen molar-refractivity contribution in [2.24, 2.45) is 0 Å². The number of hydrogen-bond acceptors (Lipinski definition) is 3. The summed E-state index contributed by atoms with van der Waals surface area (Å²) in [5.41, 5.74) is 1.57. The van der Waals surface area contributed by atoms with Crippen molar-refractivity contribution in [3.63, 3.8) is 0 Å². The summed E-state index contributed by atoms with van der Waals surface area (Å²) in [5.74, 6) is 0. The molecule has 1 aliphatic heterocycles. The predicted octanol–water partition coefficient (Wildman–Crippen LogP) is 2.13. The van der Waals surface area contributed by atoms with Crippen LogP contribution in [0.5, 0.6) is 0 Å². The Morgan fingerprint density at radius 1 is 1.32 bits per heavy atom. The predicted molar refractivity (Wildman–Crippen MR) is 91.0 cm³/mol. The number of allylic oxidation sites excluding steroid dienone is 1. The van der Waals surface area contributed by atoms with E-state index in [0.29, 0.717) is 0 Å². The van der Waals surface area contributed by atoms with Crippen molar-refractivity contribution in [3.8, 4) is 0 Å². The van der Waals surface area contributed by atoms with Gasteiger partial charge in [-0.25, -0.2) is 0 Å². The highest BCUT2D eigenvalue weighted by molar-refractivity contribution is 7.87. The van der Waals surface area contributed by atoms with Gasteiger partial charge in [-0.15, -0.1) is 0 Å². The van der Waals surface area contributed by atoms with Crippen LogP contribution in [0.1, 0.15) is 52.4 Å². The van der Waals surface area contributed by atoms with Crippen LogP contribution in [-0.2, 0) is 10.2 Å². The van der Waals surface area contributed by atoms with Crippen LogP contribution in [0.3, 0.4) is 0 Å². The van der Waals surface area contributed by atoms with E-state index in [1.165, 1.54) is 30.0 Å². The third-order valence-electron chi connectivity index (χ3n) is 4.82. The summed E-state index contributed by atoms with van der Waals surface area (Å²) in [6.45, 7) is 6.82. The minimum absolute atomic E-state index is 0.0178. The highest BCUT2D eigenvalue weighted by atomic mass is 32.2. The number of rotatable bonds is 6. The second-order valence-corrected chi connectivity index (χ2v) is 8.65. The third kappa shape index (κ3) is 5.05. The van der Waals surface area contributed by atoms with Crippen LogP contribution in [0, 0.1) is 0 Å². The van der Waals surface area contributed by atoms with Gasteiger partial charge < -0.3 is 0 Å². The van der Waals surface area contributed by atoms with E-state index in [2.05, 4.69) is 15.7 Å². The molecular formula is C16H31N3O2S. The minimum Gasteiger partial charge on any atom is -0.299 e. The van der Waals surface area contributed by atoms with E-state index in [4.69, 9.17) is 0 Å². The van der Waals surface area contributed by atoms with Gasteiger partial charge in [-0.05, 0) is 65.5 Å². The molecule has 0 atom stereocenters. The Bertz CT molecular complexity index is 480. The molecule has 2 rings (SSSR count). The third-order valence-corrected chi connectivity index (χ3v) is 6.63. The fourth-order valence-corrected chi connectivity index (χ4v) is 4.49. The molecule has 1 heterocycles. The standard InChI is InChI=1S/C16H31N3O2S/c1-14(2)18(3)22(20,21)17-16-9-11-19(12-10-16)13-15-7-5-4-6-8-15/h7,14,16-17H,4-6,8-13H2,1-3H3.